The third-order valence-electron chi connectivity index (χ3n) is 5.17. The number of aryl methyl sites for hydroxylation is 1. The van der Waals surface area contributed by atoms with Gasteiger partial charge in [0, 0.05) is 31.1 Å². The first kappa shape index (κ1) is 26.9. The lowest BCUT2D eigenvalue weighted by Crippen LogP contribution is -2.22. The van der Waals surface area contributed by atoms with Crippen LogP contribution in [0.15, 0.2) is 42.5 Å². The number of nitrogens with two attached hydrogens (primary N) is 1. The van der Waals surface area contributed by atoms with Crippen molar-refractivity contribution in [2.75, 3.05) is 6.54 Å². The quantitative estimate of drug-likeness (QED) is 0.495. The van der Waals surface area contributed by atoms with Gasteiger partial charge in [0.05, 0.1) is 5.52 Å². The fourth-order valence-electron chi connectivity index (χ4n) is 3.76. The van der Waals surface area contributed by atoms with Crippen LogP contribution in [0.4, 0.5) is 0 Å². The summed E-state index contributed by atoms with van der Waals surface area (Å²) in [6.45, 7) is 9.16. The van der Waals surface area contributed by atoms with Gasteiger partial charge in [-0.15, -0.1) is 24.8 Å². The second-order valence-electron chi connectivity index (χ2n) is 8.16. The Hall–Kier alpha value is -2.14. The molecular formula is C25H33Cl2N3O. The van der Waals surface area contributed by atoms with E-state index in [1.165, 1.54) is 22.3 Å². The number of aromatic nitrogens is 1. The van der Waals surface area contributed by atoms with E-state index < -0.39 is 0 Å². The van der Waals surface area contributed by atoms with Gasteiger partial charge in [-0.2, -0.15) is 0 Å². The summed E-state index contributed by atoms with van der Waals surface area (Å²) in [5.41, 5.74) is 14.3. The molecule has 0 radical (unpaired) electrons. The summed E-state index contributed by atoms with van der Waals surface area (Å²) in [7, 11) is 0. The van der Waals surface area contributed by atoms with E-state index in [1.807, 2.05) is 0 Å². The average Bonchev–Trinajstić information content (AvgIpc) is 2.67. The SMILES string of the molecule is CC(=O)NCCc1ccc2nc(CC(C)C)c(CN)c(-c3ccc(C)cc3)c2c1.Cl.Cl. The second kappa shape index (κ2) is 12.0. The summed E-state index contributed by atoms with van der Waals surface area (Å²) in [5, 5.41) is 4.00. The maximum Gasteiger partial charge on any atom is 0.216 e. The normalized spacial score (nSPS) is 10.5. The molecule has 0 aliphatic carbocycles. The Morgan fingerprint density at radius 1 is 1.10 bits per heavy atom. The van der Waals surface area contributed by atoms with Gasteiger partial charge in [-0.3, -0.25) is 9.78 Å². The molecule has 0 spiro atoms. The summed E-state index contributed by atoms with van der Waals surface area (Å²) in [5.74, 6) is 0.504. The summed E-state index contributed by atoms with van der Waals surface area (Å²) < 4.78 is 0. The van der Waals surface area contributed by atoms with Gasteiger partial charge in [-0.25, -0.2) is 0 Å². The Bertz CT molecular complexity index is 1020. The maximum absolute atomic E-state index is 11.2. The van der Waals surface area contributed by atoms with Crippen LogP contribution in [0.3, 0.4) is 0 Å². The Morgan fingerprint density at radius 2 is 1.77 bits per heavy atom. The molecule has 0 fully saturated rings. The van der Waals surface area contributed by atoms with Crippen LogP contribution in [0.25, 0.3) is 22.0 Å². The number of carbonyl (C=O) groups is 1. The lowest BCUT2D eigenvalue weighted by atomic mass is 9.90. The van der Waals surface area contributed by atoms with Gasteiger partial charge in [0.2, 0.25) is 5.91 Å². The molecule has 1 amide bonds. The highest BCUT2D eigenvalue weighted by atomic mass is 35.5. The maximum atomic E-state index is 11.2. The van der Waals surface area contributed by atoms with Gasteiger partial charge in [-0.05, 0) is 60.1 Å². The fourth-order valence-corrected chi connectivity index (χ4v) is 3.76. The van der Waals surface area contributed by atoms with Crippen molar-refractivity contribution in [2.45, 2.75) is 47.1 Å². The first-order valence-corrected chi connectivity index (χ1v) is 10.3. The minimum Gasteiger partial charge on any atom is -0.356 e. The highest BCUT2D eigenvalue weighted by molar-refractivity contribution is 5.97. The molecular weight excluding hydrogens is 429 g/mol. The number of halogens is 2. The van der Waals surface area contributed by atoms with Crippen molar-refractivity contribution >= 4 is 41.6 Å². The average molecular weight is 462 g/mol. The lowest BCUT2D eigenvalue weighted by Gasteiger charge is -2.18. The number of rotatable bonds is 7. The topological polar surface area (TPSA) is 68.0 Å². The van der Waals surface area contributed by atoms with E-state index in [1.54, 1.807) is 6.92 Å². The van der Waals surface area contributed by atoms with E-state index in [2.05, 4.69) is 68.6 Å². The molecule has 1 aromatic heterocycles. The van der Waals surface area contributed by atoms with Gasteiger partial charge in [-0.1, -0.05) is 49.7 Å². The zero-order valence-electron chi connectivity index (χ0n) is 18.7. The molecule has 168 valence electrons. The molecule has 0 saturated heterocycles. The Morgan fingerprint density at radius 3 is 2.35 bits per heavy atom. The predicted molar refractivity (Wildman–Crippen MR) is 135 cm³/mol. The first-order chi connectivity index (χ1) is 13.9. The van der Waals surface area contributed by atoms with Crippen LogP contribution in [-0.2, 0) is 24.2 Å². The molecule has 0 aliphatic heterocycles. The minimum atomic E-state index is -0.00320. The number of nitrogens with zero attached hydrogens (tertiary/aromatic N) is 1. The van der Waals surface area contributed by atoms with Crippen molar-refractivity contribution in [3.63, 3.8) is 0 Å². The van der Waals surface area contributed by atoms with E-state index >= 15 is 0 Å². The summed E-state index contributed by atoms with van der Waals surface area (Å²) in [4.78, 5) is 16.2. The molecule has 2 aromatic carbocycles. The van der Waals surface area contributed by atoms with Crippen molar-refractivity contribution in [3.05, 3.63) is 64.8 Å². The van der Waals surface area contributed by atoms with Crippen LogP contribution in [0.1, 0.15) is 43.2 Å². The monoisotopic (exact) mass is 461 g/mol. The number of hydrogen-bond donors (Lipinski definition) is 2. The molecule has 0 bridgehead atoms. The van der Waals surface area contributed by atoms with Gasteiger partial charge in [0.15, 0.2) is 0 Å². The molecule has 0 aliphatic rings. The smallest absolute Gasteiger partial charge is 0.216 e. The molecule has 3 aromatic rings. The summed E-state index contributed by atoms with van der Waals surface area (Å²) >= 11 is 0. The van der Waals surface area contributed by atoms with Crippen molar-refractivity contribution in [3.8, 4) is 11.1 Å². The number of hydrogen-bond acceptors (Lipinski definition) is 3. The number of benzene rings is 2. The number of pyridine rings is 1. The van der Waals surface area contributed by atoms with E-state index in [-0.39, 0.29) is 30.7 Å². The lowest BCUT2D eigenvalue weighted by molar-refractivity contribution is -0.118. The van der Waals surface area contributed by atoms with Gasteiger partial charge in [0.1, 0.15) is 0 Å². The summed E-state index contributed by atoms with van der Waals surface area (Å²) in [6, 6.07) is 15.0. The van der Waals surface area contributed by atoms with Gasteiger partial charge < -0.3 is 11.1 Å². The van der Waals surface area contributed by atoms with Crippen molar-refractivity contribution in [1.82, 2.24) is 10.3 Å². The Labute approximate surface area is 197 Å². The second-order valence-corrected chi connectivity index (χ2v) is 8.16. The number of fused-ring (bicyclic) bond motifs is 1. The largest absolute Gasteiger partial charge is 0.356 e. The van der Waals surface area contributed by atoms with Crippen LogP contribution < -0.4 is 11.1 Å². The molecule has 1 heterocycles. The van der Waals surface area contributed by atoms with E-state index in [0.29, 0.717) is 19.0 Å². The van der Waals surface area contributed by atoms with Crippen LogP contribution in [0, 0.1) is 12.8 Å². The molecule has 0 atom stereocenters. The Balaban J connectivity index is 0.00000240. The van der Waals surface area contributed by atoms with E-state index in [9.17, 15) is 4.79 Å². The van der Waals surface area contributed by atoms with Crippen molar-refractivity contribution < 1.29 is 4.79 Å². The van der Waals surface area contributed by atoms with Crippen LogP contribution in [0.2, 0.25) is 0 Å². The molecule has 0 unspecified atom stereocenters. The molecule has 0 saturated carbocycles. The first-order valence-electron chi connectivity index (χ1n) is 10.3. The Kier molecular flexibility index (Phi) is 10.4. The fraction of sp³-hybridized carbons (Fsp3) is 0.360. The van der Waals surface area contributed by atoms with Crippen LogP contribution in [-0.4, -0.2) is 17.4 Å². The number of carbonyl (C=O) groups excluding carboxylic acids is 1. The van der Waals surface area contributed by atoms with E-state index in [4.69, 9.17) is 10.7 Å². The van der Waals surface area contributed by atoms with Crippen LogP contribution >= 0.6 is 24.8 Å². The molecule has 3 N–H and O–H groups in total. The summed E-state index contributed by atoms with van der Waals surface area (Å²) in [6.07, 6.45) is 1.69. The molecule has 4 nitrogen and oxygen atoms in total. The van der Waals surface area contributed by atoms with E-state index in [0.717, 1.165) is 35.0 Å². The third kappa shape index (κ3) is 6.67. The number of amides is 1. The van der Waals surface area contributed by atoms with Gasteiger partial charge >= 0.3 is 0 Å². The predicted octanol–water partition coefficient (Wildman–Crippen LogP) is 5.39. The van der Waals surface area contributed by atoms with Crippen molar-refractivity contribution in [1.29, 1.82) is 0 Å². The number of nitrogens with one attached hydrogen (secondary N) is 1. The highest BCUT2D eigenvalue weighted by Gasteiger charge is 2.17. The van der Waals surface area contributed by atoms with Gasteiger partial charge in [0.25, 0.3) is 0 Å². The van der Waals surface area contributed by atoms with Crippen LogP contribution in [0.5, 0.6) is 0 Å². The zero-order valence-corrected chi connectivity index (χ0v) is 20.3. The molecule has 3 rings (SSSR count). The zero-order chi connectivity index (χ0) is 21.0. The highest BCUT2D eigenvalue weighted by Crippen LogP contribution is 2.34. The third-order valence-corrected chi connectivity index (χ3v) is 5.17. The standard InChI is InChI=1S/C25H31N3O.2ClH/c1-16(2)13-24-22(15-26)25(20-8-5-17(3)6-9-20)21-14-19(7-10-23(21)28-24)11-12-27-18(4)29;;/h5-10,14,16H,11-13,15,26H2,1-4H3,(H,27,29);2*1H. The molecule has 31 heavy (non-hydrogen) atoms. The molecule has 6 heteroatoms. The van der Waals surface area contributed by atoms with Crippen molar-refractivity contribution in [2.24, 2.45) is 11.7 Å². The minimum absolute atomic E-state index is 0.